The average Bonchev–Trinajstić information content (AvgIpc) is 2.77. The molecule has 0 amide bonds. The van der Waals surface area contributed by atoms with E-state index in [1.165, 1.54) is 4.88 Å². The average molecular weight is 230 g/mol. The second-order valence-electron chi connectivity index (χ2n) is 3.60. The van der Waals surface area contributed by atoms with Gasteiger partial charge in [-0.1, -0.05) is 0 Å². The first-order valence-electron chi connectivity index (χ1n) is 4.67. The number of thioether (sulfide) groups is 1. The number of aromatic nitrogens is 1. The summed E-state index contributed by atoms with van der Waals surface area (Å²) in [5, 5.41) is 13.3. The van der Waals surface area contributed by atoms with Crippen LogP contribution in [-0.2, 0) is 6.54 Å². The van der Waals surface area contributed by atoms with Crippen LogP contribution in [0.5, 0.6) is 0 Å². The fraction of sp³-hybridized carbons (Fsp3) is 0.667. The summed E-state index contributed by atoms with van der Waals surface area (Å²) >= 11 is 3.47. The molecule has 1 aliphatic heterocycles. The largest absolute Gasteiger partial charge is 0.388 e. The fourth-order valence-electron chi connectivity index (χ4n) is 1.48. The van der Waals surface area contributed by atoms with Crippen LogP contribution in [0.1, 0.15) is 11.3 Å². The molecule has 2 N–H and O–H groups in total. The Balaban J connectivity index is 1.72. The zero-order valence-corrected chi connectivity index (χ0v) is 9.53. The molecule has 1 aliphatic rings. The summed E-state index contributed by atoms with van der Waals surface area (Å²) in [6.07, 6.45) is 2.78. The molecule has 1 saturated heterocycles. The Kier molecular flexibility index (Phi) is 3.43. The van der Waals surface area contributed by atoms with E-state index in [4.69, 9.17) is 0 Å². The van der Waals surface area contributed by atoms with Crippen molar-refractivity contribution in [2.75, 3.05) is 18.1 Å². The Labute approximate surface area is 91.9 Å². The zero-order chi connectivity index (χ0) is 9.86. The van der Waals surface area contributed by atoms with E-state index in [1.54, 1.807) is 11.3 Å². The number of hydrogen-bond donors (Lipinski definition) is 2. The molecule has 2 rings (SSSR count). The van der Waals surface area contributed by atoms with Gasteiger partial charge in [0.2, 0.25) is 0 Å². The van der Waals surface area contributed by atoms with Crippen molar-refractivity contribution >= 4 is 23.1 Å². The molecular weight excluding hydrogens is 216 g/mol. The first-order chi connectivity index (χ1) is 6.79. The second-order valence-corrected chi connectivity index (χ2v) is 5.67. The summed E-state index contributed by atoms with van der Waals surface area (Å²) < 4.78 is 0. The smallest absolute Gasteiger partial charge is 0.0869 e. The van der Waals surface area contributed by atoms with Gasteiger partial charge in [0.05, 0.1) is 11.1 Å². The SMILES string of the molecule is OC1(CNCc2cncs2)CCSC1. The highest BCUT2D eigenvalue weighted by molar-refractivity contribution is 7.99. The van der Waals surface area contributed by atoms with Crippen molar-refractivity contribution in [3.63, 3.8) is 0 Å². The van der Waals surface area contributed by atoms with Gasteiger partial charge < -0.3 is 10.4 Å². The van der Waals surface area contributed by atoms with Gasteiger partial charge >= 0.3 is 0 Å². The summed E-state index contributed by atoms with van der Waals surface area (Å²) in [4.78, 5) is 5.22. The molecule has 0 saturated carbocycles. The van der Waals surface area contributed by atoms with E-state index in [-0.39, 0.29) is 0 Å². The van der Waals surface area contributed by atoms with Crippen LogP contribution in [0.2, 0.25) is 0 Å². The summed E-state index contributed by atoms with van der Waals surface area (Å²) in [5.41, 5.74) is 1.35. The van der Waals surface area contributed by atoms with Crippen LogP contribution >= 0.6 is 23.1 Å². The van der Waals surface area contributed by atoms with Crippen LogP contribution in [-0.4, -0.2) is 33.7 Å². The monoisotopic (exact) mass is 230 g/mol. The molecule has 78 valence electrons. The van der Waals surface area contributed by atoms with Gasteiger partial charge in [-0.25, -0.2) is 0 Å². The van der Waals surface area contributed by atoms with E-state index in [9.17, 15) is 5.11 Å². The minimum atomic E-state index is -0.477. The van der Waals surface area contributed by atoms with E-state index in [1.807, 2.05) is 23.5 Å². The molecule has 14 heavy (non-hydrogen) atoms. The quantitative estimate of drug-likeness (QED) is 0.813. The fourth-order valence-corrected chi connectivity index (χ4v) is 3.34. The van der Waals surface area contributed by atoms with Crippen molar-refractivity contribution in [1.82, 2.24) is 10.3 Å². The minimum absolute atomic E-state index is 0.477. The number of hydrogen-bond acceptors (Lipinski definition) is 5. The molecule has 0 spiro atoms. The number of nitrogens with one attached hydrogen (secondary N) is 1. The molecule has 0 aromatic carbocycles. The Morgan fingerprint density at radius 1 is 1.64 bits per heavy atom. The van der Waals surface area contributed by atoms with E-state index in [0.717, 1.165) is 24.5 Å². The van der Waals surface area contributed by atoms with Gasteiger partial charge in [0, 0.05) is 29.9 Å². The predicted molar refractivity (Wildman–Crippen MR) is 60.7 cm³/mol. The Bertz CT molecular complexity index is 270. The van der Waals surface area contributed by atoms with Gasteiger partial charge in [-0.15, -0.1) is 11.3 Å². The van der Waals surface area contributed by atoms with Gasteiger partial charge in [-0.3, -0.25) is 4.98 Å². The molecule has 3 nitrogen and oxygen atoms in total. The molecule has 0 aliphatic carbocycles. The lowest BCUT2D eigenvalue weighted by Gasteiger charge is -2.21. The van der Waals surface area contributed by atoms with Crippen LogP contribution in [0.15, 0.2) is 11.7 Å². The van der Waals surface area contributed by atoms with Gasteiger partial charge in [-0.2, -0.15) is 11.8 Å². The summed E-state index contributed by atoms with van der Waals surface area (Å²) in [7, 11) is 0. The van der Waals surface area contributed by atoms with Gasteiger partial charge in [0.25, 0.3) is 0 Å². The maximum Gasteiger partial charge on any atom is 0.0869 e. The van der Waals surface area contributed by atoms with Gasteiger partial charge in [0.1, 0.15) is 0 Å². The summed E-state index contributed by atoms with van der Waals surface area (Å²) in [6.45, 7) is 1.51. The van der Waals surface area contributed by atoms with Crippen molar-refractivity contribution in [3.05, 3.63) is 16.6 Å². The van der Waals surface area contributed by atoms with E-state index >= 15 is 0 Å². The maximum atomic E-state index is 10.0. The van der Waals surface area contributed by atoms with Gasteiger partial charge in [0.15, 0.2) is 0 Å². The topological polar surface area (TPSA) is 45.1 Å². The lowest BCUT2D eigenvalue weighted by Crippen LogP contribution is -2.40. The van der Waals surface area contributed by atoms with Crippen molar-refractivity contribution in [2.24, 2.45) is 0 Å². The normalized spacial score (nSPS) is 26.9. The standard InChI is InChI=1S/C9H14N2OS2/c12-9(1-2-13-6-9)5-10-3-8-4-11-7-14-8/h4,7,10,12H,1-3,5-6H2. The maximum absolute atomic E-state index is 10.0. The van der Waals surface area contributed by atoms with Crippen LogP contribution < -0.4 is 5.32 Å². The molecular formula is C9H14N2OS2. The van der Waals surface area contributed by atoms with Crippen molar-refractivity contribution < 1.29 is 5.11 Å². The molecule has 5 heteroatoms. The molecule has 1 unspecified atom stereocenters. The number of rotatable bonds is 4. The second kappa shape index (κ2) is 4.61. The third-order valence-electron chi connectivity index (χ3n) is 2.32. The third-order valence-corrected chi connectivity index (χ3v) is 4.33. The highest BCUT2D eigenvalue weighted by Gasteiger charge is 2.30. The molecule has 2 heterocycles. The van der Waals surface area contributed by atoms with Crippen LogP contribution in [0.4, 0.5) is 0 Å². The molecule has 1 aromatic rings. The third kappa shape index (κ3) is 2.70. The number of nitrogens with zero attached hydrogens (tertiary/aromatic N) is 1. The van der Waals surface area contributed by atoms with Crippen LogP contribution in [0.3, 0.4) is 0 Å². The molecule has 1 fully saturated rings. The Morgan fingerprint density at radius 3 is 3.21 bits per heavy atom. The molecule has 0 radical (unpaired) electrons. The van der Waals surface area contributed by atoms with Crippen molar-refractivity contribution in [2.45, 2.75) is 18.6 Å². The highest BCUT2D eigenvalue weighted by atomic mass is 32.2. The highest BCUT2D eigenvalue weighted by Crippen LogP contribution is 2.27. The van der Waals surface area contributed by atoms with E-state index < -0.39 is 5.60 Å². The van der Waals surface area contributed by atoms with E-state index in [0.29, 0.717) is 6.54 Å². The predicted octanol–water partition coefficient (Wildman–Crippen LogP) is 1.10. The number of thiazole rings is 1. The lowest BCUT2D eigenvalue weighted by molar-refractivity contribution is 0.0675. The first kappa shape index (κ1) is 10.4. The van der Waals surface area contributed by atoms with Crippen molar-refractivity contribution in [1.29, 1.82) is 0 Å². The zero-order valence-electron chi connectivity index (χ0n) is 7.90. The van der Waals surface area contributed by atoms with Crippen molar-refractivity contribution in [3.8, 4) is 0 Å². The minimum Gasteiger partial charge on any atom is -0.388 e. The Hall–Kier alpha value is -0.100. The lowest BCUT2D eigenvalue weighted by atomic mass is 10.0. The Morgan fingerprint density at radius 2 is 2.57 bits per heavy atom. The van der Waals surface area contributed by atoms with Gasteiger partial charge in [-0.05, 0) is 12.2 Å². The summed E-state index contributed by atoms with van der Waals surface area (Å²) in [6, 6.07) is 0. The summed E-state index contributed by atoms with van der Waals surface area (Å²) in [5.74, 6) is 1.95. The first-order valence-corrected chi connectivity index (χ1v) is 6.70. The van der Waals surface area contributed by atoms with Crippen LogP contribution in [0, 0.1) is 0 Å². The molecule has 1 atom stereocenters. The number of aliphatic hydroxyl groups is 1. The van der Waals surface area contributed by atoms with Crippen LogP contribution in [0.25, 0.3) is 0 Å². The molecule has 1 aromatic heterocycles. The molecule has 0 bridgehead atoms. The van der Waals surface area contributed by atoms with E-state index in [2.05, 4.69) is 10.3 Å².